The molecule has 0 aliphatic rings. The zero-order valence-electron chi connectivity index (χ0n) is 10.3. The molecule has 1 amide bonds. The minimum absolute atomic E-state index is 0.175. The van der Waals surface area contributed by atoms with E-state index in [1.807, 2.05) is 13.8 Å². The molecule has 0 heterocycles. The number of carbonyl (C=O) groups is 1. The van der Waals surface area contributed by atoms with Crippen LogP contribution in [0.2, 0.25) is 0 Å². The van der Waals surface area contributed by atoms with Crippen LogP contribution in [0.4, 0.5) is 0 Å². The fraction of sp³-hybridized carbons (Fsp3) is 0.833. The van der Waals surface area contributed by atoms with Gasteiger partial charge in [-0.05, 0) is 26.2 Å². The highest BCUT2D eigenvalue weighted by atomic mass is 16.2. The lowest BCUT2D eigenvalue weighted by Gasteiger charge is -2.26. The molecule has 0 unspecified atom stereocenters. The molecule has 0 aromatic carbocycles. The van der Waals surface area contributed by atoms with Crippen molar-refractivity contribution < 1.29 is 4.79 Å². The van der Waals surface area contributed by atoms with Crippen LogP contribution in [0, 0.1) is 17.2 Å². The van der Waals surface area contributed by atoms with E-state index in [0.717, 1.165) is 6.42 Å². The van der Waals surface area contributed by atoms with Crippen LogP contribution in [-0.2, 0) is 4.79 Å². The summed E-state index contributed by atoms with van der Waals surface area (Å²) in [4.78, 5) is 13.6. The van der Waals surface area contributed by atoms with E-state index >= 15 is 0 Å². The average Bonchev–Trinajstić information content (AvgIpc) is 2.14. The SMILES string of the molecule is CC(C)CCC(=O)N(CCC#N)C(C)C. The maximum absolute atomic E-state index is 11.8. The molecule has 0 aromatic heterocycles. The van der Waals surface area contributed by atoms with Crippen LogP contribution in [0.3, 0.4) is 0 Å². The summed E-state index contributed by atoms with van der Waals surface area (Å²) in [6.45, 7) is 8.77. The smallest absolute Gasteiger partial charge is 0.222 e. The van der Waals surface area contributed by atoms with Crippen LogP contribution in [0.15, 0.2) is 0 Å². The lowest BCUT2D eigenvalue weighted by Crippen LogP contribution is -2.37. The van der Waals surface area contributed by atoms with Gasteiger partial charge in [-0.15, -0.1) is 0 Å². The molecule has 0 aliphatic heterocycles. The van der Waals surface area contributed by atoms with Gasteiger partial charge >= 0.3 is 0 Å². The van der Waals surface area contributed by atoms with Crippen LogP contribution >= 0.6 is 0 Å². The normalized spacial score (nSPS) is 10.5. The Bertz CT molecular complexity index is 228. The Morgan fingerprint density at radius 2 is 1.93 bits per heavy atom. The number of nitrogens with zero attached hydrogens (tertiary/aromatic N) is 2. The third kappa shape index (κ3) is 6.11. The van der Waals surface area contributed by atoms with Gasteiger partial charge in [-0.25, -0.2) is 0 Å². The summed E-state index contributed by atoms with van der Waals surface area (Å²) in [5.41, 5.74) is 0. The molecular formula is C12H22N2O. The van der Waals surface area contributed by atoms with E-state index in [1.54, 1.807) is 4.90 Å². The molecular weight excluding hydrogens is 188 g/mol. The maximum atomic E-state index is 11.8. The highest BCUT2D eigenvalue weighted by Crippen LogP contribution is 2.09. The van der Waals surface area contributed by atoms with Gasteiger partial charge in [-0.1, -0.05) is 13.8 Å². The van der Waals surface area contributed by atoms with Crippen molar-refractivity contribution in [3.05, 3.63) is 0 Å². The monoisotopic (exact) mass is 210 g/mol. The first kappa shape index (κ1) is 14.0. The predicted octanol–water partition coefficient (Wildman–Crippen LogP) is 2.57. The Labute approximate surface area is 93.1 Å². The highest BCUT2D eigenvalue weighted by Gasteiger charge is 2.16. The molecule has 3 nitrogen and oxygen atoms in total. The zero-order chi connectivity index (χ0) is 11.8. The van der Waals surface area contributed by atoms with Crippen LogP contribution in [-0.4, -0.2) is 23.4 Å². The molecule has 0 saturated heterocycles. The van der Waals surface area contributed by atoms with Crippen LogP contribution in [0.25, 0.3) is 0 Å². The first-order chi connectivity index (χ1) is 6.99. The van der Waals surface area contributed by atoms with Gasteiger partial charge in [0.25, 0.3) is 0 Å². The van der Waals surface area contributed by atoms with E-state index in [0.29, 0.717) is 25.3 Å². The van der Waals surface area contributed by atoms with Crippen molar-refractivity contribution >= 4 is 5.91 Å². The number of nitriles is 1. The quantitative estimate of drug-likeness (QED) is 0.676. The van der Waals surface area contributed by atoms with Gasteiger partial charge in [-0.3, -0.25) is 4.79 Å². The van der Waals surface area contributed by atoms with Gasteiger partial charge in [0.1, 0.15) is 0 Å². The predicted molar refractivity (Wildman–Crippen MR) is 61.2 cm³/mol. The molecule has 0 spiro atoms. The summed E-state index contributed by atoms with van der Waals surface area (Å²) in [5.74, 6) is 0.730. The molecule has 0 bridgehead atoms. The number of rotatable bonds is 6. The van der Waals surface area contributed by atoms with Crippen molar-refractivity contribution in [3.63, 3.8) is 0 Å². The van der Waals surface area contributed by atoms with Gasteiger partial charge in [0.15, 0.2) is 0 Å². The molecule has 3 heteroatoms. The molecule has 0 fully saturated rings. The third-order valence-corrected chi connectivity index (χ3v) is 2.34. The van der Waals surface area contributed by atoms with Crippen molar-refractivity contribution in [1.29, 1.82) is 5.26 Å². The van der Waals surface area contributed by atoms with Gasteiger partial charge < -0.3 is 4.90 Å². The minimum Gasteiger partial charge on any atom is -0.339 e. The summed E-state index contributed by atoms with van der Waals surface area (Å²) < 4.78 is 0. The van der Waals surface area contributed by atoms with Crippen molar-refractivity contribution in [2.45, 2.75) is 53.0 Å². The Morgan fingerprint density at radius 1 is 1.33 bits per heavy atom. The van der Waals surface area contributed by atoms with Crippen LogP contribution in [0.1, 0.15) is 47.0 Å². The molecule has 0 rings (SSSR count). The van der Waals surface area contributed by atoms with Crippen molar-refractivity contribution in [1.82, 2.24) is 4.90 Å². The Morgan fingerprint density at radius 3 is 2.33 bits per heavy atom. The number of carbonyl (C=O) groups excluding carboxylic acids is 1. The van der Waals surface area contributed by atoms with Gasteiger partial charge in [0.2, 0.25) is 5.91 Å². The Kier molecular flexibility index (Phi) is 6.77. The van der Waals surface area contributed by atoms with E-state index < -0.39 is 0 Å². The molecule has 0 N–H and O–H groups in total. The van der Waals surface area contributed by atoms with Gasteiger partial charge in [0, 0.05) is 19.0 Å². The third-order valence-electron chi connectivity index (χ3n) is 2.34. The maximum Gasteiger partial charge on any atom is 0.222 e. The fourth-order valence-electron chi connectivity index (χ4n) is 1.40. The summed E-state index contributed by atoms with van der Waals surface area (Å²) in [6, 6.07) is 2.27. The van der Waals surface area contributed by atoms with E-state index in [1.165, 1.54) is 0 Å². The lowest BCUT2D eigenvalue weighted by molar-refractivity contribution is -0.133. The van der Waals surface area contributed by atoms with Gasteiger partial charge in [-0.2, -0.15) is 5.26 Å². The highest BCUT2D eigenvalue weighted by molar-refractivity contribution is 5.76. The Balaban J connectivity index is 4.12. The summed E-state index contributed by atoms with van der Waals surface area (Å²) in [6.07, 6.45) is 1.95. The summed E-state index contributed by atoms with van der Waals surface area (Å²) in [5, 5.41) is 8.51. The van der Waals surface area contributed by atoms with E-state index in [9.17, 15) is 4.79 Å². The first-order valence-corrected chi connectivity index (χ1v) is 5.65. The second kappa shape index (κ2) is 7.28. The van der Waals surface area contributed by atoms with Crippen molar-refractivity contribution in [3.8, 4) is 6.07 Å². The topological polar surface area (TPSA) is 44.1 Å². The molecule has 0 saturated carbocycles. The standard InChI is InChI=1S/C12H22N2O/c1-10(2)6-7-12(15)14(11(3)4)9-5-8-13/h10-11H,5-7,9H2,1-4H3. The largest absolute Gasteiger partial charge is 0.339 e. The summed E-state index contributed by atoms with van der Waals surface area (Å²) in [7, 11) is 0. The second-order valence-corrected chi connectivity index (χ2v) is 4.52. The number of hydrogen-bond donors (Lipinski definition) is 0. The molecule has 0 radical (unpaired) electrons. The van der Waals surface area contributed by atoms with Crippen molar-refractivity contribution in [2.24, 2.45) is 5.92 Å². The number of hydrogen-bond acceptors (Lipinski definition) is 2. The molecule has 0 atom stereocenters. The number of amides is 1. The second-order valence-electron chi connectivity index (χ2n) is 4.52. The zero-order valence-corrected chi connectivity index (χ0v) is 10.3. The van der Waals surface area contributed by atoms with E-state index in [2.05, 4.69) is 19.9 Å². The molecule has 86 valence electrons. The lowest BCUT2D eigenvalue weighted by atomic mass is 10.1. The fourth-order valence-corrected chi connectivity index (χ4v) is 1.40. The molecule has 0 aromatic rings. The minimum atomic E-state index is 0.175. The Hall–Kier alpha value is -1.04. The van der Waals surface area contributed by atoms with Crippen molar-refractivity contribution in [2.75, 3.05) is 6.54 Å². The average molecular weight is 210 g/mol. The first-order valence-electron chi connectivity index (χ1n) is 5.65. The van der Waals surface area contributed by atoms with E-state index in [4.69, 9.17) is 5.26 Å². The van der Waals surface area contributed by atoms with Crippen LogP contribution in [0.5, 0.6) is 0 Å². The molecule has 0 aliphatic carbocycles. The van der Waals surface area contributed by atoms with E-state index in [-0.39, 0.29) is 11.9 Å². The van der Waals surface area contributed by atoms with Gasteiger partial charge in [0.05, 0.1) is 12.5 Å². The molecule has 15 heavy (non-hydrogen) atoms. The summed E-state index contributed by atoms with van der Waals surface area (Å²) >= 11 is 0. The van der Waals surface area contributed by atoms with Crippen LogP contribution < -0.4 is 0 Å².